The molecule has 31 heavy (non-hydrogen) atoms. The highest BCUT2D eigenvalue weighted by Gasteiger charge is 2.30. The monoisotopic (exact) mass is 430 g/mol. The molecule has 4 rings (SSSR count). The zero-order chi connectivity index (χ0) is 21.8. The van der Waals surface area contributed by atoms with E-state index in [9.17, 15) is 4.79 Å². The molecule has 0 aliphatic carbocycles. The Labute approximate surface area is 182 Å². The molecular formula is C25H20NO4S+. The van der Waals surface area contributed by atoms with Crippen molar-refractivity contribution in [1.82, 2.24) is 0 Å². The van der Waals surface area contributed by atoms with Crippen LogP contribution in [0.2, 0.25) is 0 Å². The Morgan fingerprint density at radius 3 is 2.26 bits per heavy atom. The topological polar surface area (TPSA) is 72.5 Å². The van der Waals surface area contributed by atoms with Crippen LogP contribution in [0.4, 0.5) is 0 Å². The number of rotatable bonds is 6. The maximum atomic E-state index is 12.5. The van der Waals surface area contributed by atoms with Gasteiger partial charge in [-0.3, -0.25) is 0 Å². The lowest BCUT2D eigenvalue weighted by Gasteiger charge is -2.12. The van der Waals surface area contributed by atoms with Crippen LogP contribution in [-0.2, 0) is 16.6 Å². The number of hydrogen-bond acceptors (Lipinski definition) is 5. The van der Waals surface area contributed by atoms with E-state index >= 15 is 0 Å². The molecule has 1 unspecified atom stereocenters. The number of nitriles is 1. The van der Waals surface area contributed by atoms with E-state index in [4.69, 9.17) is 19.2 Å². The zero-order valence-corrected chi connectivity index (χ0v) is 17.9. The molecule has 0 N–H and O–H groups in total. The summed E-state index contributed by atoms with van der Waals surface area (Å²) < 4.78 is 16.4. The Morgan fingerprint density at radius 1 is 0.935 bits per heavy atom. The van der Waals surface area contributed by atoms with Gasteiger partial charge in [0.05, 0.1) is 48.2 Å². The lowest BCUT2D eigenvalue weighted by atomic mass is 10.2. The van der Waals surface area contributed by atoms with Gasteiger partial charge < -0.3 is 13.9 Å². The van der Waals surface area contributed by atoms with Crippen molar-refractivity contribution < 1.29 is 13.9 Å². The SMILES string of the molecule is COc1cc2oc(=O)cc([S+](Cc3ccc(C#N)cc3)c3ccccc3)c2cc1OC. The fourth-order valence-corrected chi connectivity index (χ4v) is 5.63. The molecule has 1 atom stereocenters. The molecule has 1 heterocycles. The first kappa shape index (κ1) is 20.6. The van der Waals surface area contributed by atoms with Crippen molar-refractivity contribution in [1.29, 1.82) is 5.26 Å². The zero-order valence-electron chi connectivity index (χ0n) is 17.1. The molecule has 0 aliphatic heterocycles. The first-order valence-corrected chi connectivity index (χ1v) is 11.0. The van der Waals surface area contributed by atoms with Crippen LogP contribution in [-0.4, -0.2) is 14.2 Å². The summed E-state index contributed by atoms with van der Waals surface area (Å²) in [6.45, 7) is 0. The van der Waals surface area contributed by atoms with E-state index in [2.05, 4.69) is 18.2 Å². The van der Waals surface area contributed by atoms with Crippen LogP contribution in [0.1, 0.15) is 11.1 Å². The summed E-state index contributed by atoms with van der Waals surface area (Å²) in [5.74, 6) is 1.75. The average Bonchev–Trinajstić information content (AvgIpc) is 2.82. The third-order valence-electron chi connectivity index (χ3n) is 4.90. The fraction of sp³-hybridized carbons (Fsp3) is 0.120. The molecule has 0 radical (unpaired) electrons. The molecule has 1 aromatic heterocycles. The van der Waals surface area contributed by atoms with E-state index in [0.717, 1.165) is 20.7 Å². The minimum atomic E-state index is -0.454. The molecule has 0 fully saturated rings. The predicted octanol–water partition coefficient (Wildman–Crippen LogP) is 4.92. The molecule has 0 spiro atoms. The van der Waals surface area contributed by atoms with Crippen molar-refractivity contribution in [2.75, 3.05) is 14.2 Å². The Morgan fingerprint density at radius 2 is 1.61 bits per heavy atom. The van der Waals surface area contributed by atoms with Gasteiger partial charge >= 0.3 is 5.63 Å². The molecule has 0 saturated carbocycles. The van der Waals surface area contributed by atoms with Crippen LogP contribution in [0.3, 0.4) is 0 Å². The van der Waals surface area contributed by atoms with Gasteiger partial charge in [0.1, 0.15) is 11.3 Å². The highest BCUT2D eigenvalue weighted by atomic mass is 32.2. The normalized spacial score (nSPS) is 11.6. The molecule has 6 heteroatoms. The number of ether oxygens (including phenoxy) is 2. The van der Waals surface area contributed by atoms with Gasteiger partial charge in [0.25, 0.3) is 0 Å². The second kappa shape index (κ2) is 8.99. The highest BCUT2D eigenvalue weighted by molar-refractivity contribution is 7.96. The first-order valence-electron chi connectivity index (χ1n) is 9.58. The van der Waals surface area contributed by atoms with Gasteiger partial charge in [-0.1, -0.05) is 30.3 Å². The summed E-state index contributed by atoms with van der Waals surface area (Å²) in [6.07, 6.45) is 0. The molecule has 0 saturated heterocycles. The van der Waals surface area contributed by atoms with Gasteiger partial charge in [0.2, 0.25) is 0 Å². The summed E-state index contributed by atoms with van der Waals surface area (Å²) in [5, 5.41) is 9.90. The lowest BCUT2D eigenvalue weighted by molar-refractivity contribution is 0.355. The van der Waals surface area contributed by atoms with Crippen LogP contribution in [0.25, 0.3) is 11.0 Å². The standard InChI is InChI=1S/C25H20NO4S/c1-28-22-12-20-21(13-23(22)29-2)30-25(27)14-24(20)31(19-6-4-3-5-7-19)16-18-10-8-17(15-26)9-11-18/h3-14H,16H2,1-2H3/q+1. The molecule has 0 bridgehead atoms. The molecular weight excluding hydrogens is 410 g/mol. The number of fused-ring (bicyclic) bond motifs is 1. The van der Waals surface area contributed by atoms with Crippen molar-refractivity contribution in [2.45, 2.75) is 15.5 Å². The van der Waals surface area contributed by atoms with Crippen molar-refractivity contribution in [3.05, 3.63) is 94.3 Å². The van der Waals surface area contributed by atoms with Gasteiger partial charge in [0.15, 0.2) is 21.3 Å². The third-order valence-corrected chi connectivity index (χ3v) is 7.23. The minimum absolute atomic E-state index is 0.414. The first-order chi connectivity index (χ1) is 15.1. The average molecular weight is 431 g/mol. The fourth-order valence-electron chi connectivity index (χ4n) is 3.38. The lowest BCUT2D eigenvalue weighted by Crippen LogP contribution is -2.11. The van der Waals surface area contributed by atoms with Crippen LogP contribution in [0, 0.1) is 11.3 Å². The predicted molar refractivity (Wildman–Crippen MR) is 121 cm³/mol. The van der Waals surface area contributed by atoms with Gasteiger partial charge in [-0.25, -0.2) is 4.79 Å². The van der Waals surface area contributed by atoms with Gasteiger partial charge in [-0.05, 0) is 24.3 Å². The third kappa shape index (κ3) is 4.27. The second-order valence-corrected chi connectivity index (χ2v) is 8.77. The summed E-state index contributed by atoms with van der Waals surface area (Å²) in [7, 11) is 2.67. The highest BCUT2D eigenvalue weighted by Crippen LogP contribution is 2.37. The Balaban J connectivity index is 1.91. The summed E-state index contributed by atoms with van der Waals surface area (Å²) in [4.78, 5) is 14.4. The molecule has 0 amide bonds. The smallest absolute Gasteiger partial charge is 0.341 e. The summed E-state index contributed by atoms with van der Waals surface area (Å²) in [5.41, 5.74) is 1.73. The number of methoxy groups -OCH3 is 2. The van der Waals surface area contributed by atoms with Crippen LogP contribution in [0.5, 0.6) is 11.5 Å². The maximum absolute atomic E-state index is 12.5. The molecule has 4 aromatic rings. The Kier molecular flexibility index (Phi) is 5.96. The quantitative estimate of drug-likeness (QED) is 0.321. The van der Waals surface area contributed by atoms with Crippen molar-refractivity contribution >= 4 is 21.9 Å². The van der Waals surface area contributed by atoms with Crippen LogP contribution >= 0.6 is 0 Å². The largest absolute Gasteiger partial charge is 0.493 e. The Hall–Kier alpha value is -3.69. The van der Waals surface area contributed by atoms with E-state index in [1.165, 1.54) is 0 Å². The molecule has 154 valence electrons. The summed E-state index contributed by atoms with van der Waals surface area (Å²) >= 11 is 0. The number of benzene rings is 3. The summed E-state index contributed by atoms with van der Waals surface area (Å²) in [6, 6.07) is 24.9. The van der Waals surface area contributed by atoms with Crippen molar-refractivity contribution in [3.63, 3.8) is 0 Å². The number of hydrogen-bond donors (Lipinski definition) is 0. The number of nitrogens with zero attached hydrogens (tertiary/aromatic N) is 1. The maximum Gasteiger partial charge on any atom is 0.341 e. The van der Waals surface area contributed by atoms with E-state index in [1.807, 2.05) is 48.5 Å². The van der Waals surface area contributed by atoms with Crippen molar-refractivity contribution in [3.8, 4) is 17.6 Å². The van der Waals surface area contributed by atoms with E-state index < -0.39 is 16.5 Å². The van der Waals surface area contributed by atoms with E-state index in [0.29, 0.717) is 28.4 Å². The van der Waals surface area contributed by atoms with Gasteiger partial charge in [0, 0.05) is 17.7 Å². The van der Waals surface area contributed by atoms with Gasteiger partial charge in [-0.15, -0.1) is 0 Å². The minimum Gasteiger partial charge on any atom is -0.493 e. The van der Waals surface area contributed by atoms with Gasteiger partial charge in [-0.2, -0.15) is 5.26 Å². The Bertz CT molecular complexity index is 1310. The second-order valence-electron chi connectivity index (χ2n) is 6.79. The molecule has 5 nitrogen and oxygen atoms in total. The van der Waals surface area contributed by atoms with Crippen LogP contribution in [0.15, 0.2) is 91.8 Å². The molecule has 3 aromatic carbocycles. The van der Waals surface area contributed by atoms with Crippen molar-refractivity contribution in [2.24, 2.45) is 0 Å². The van der Waals surface area contributed by atoms with E-state index in [-0.39, 0.29) is 0 Å². The van der Waals surface area contributed by atoms with E-state index in [1.54, 1.807) is 26.4 Å². The molecule has 0 aliphatic rings. The van der Waals surface area contributed by atoms with Crippen LogP contribution < -0.4 is 15.1 Å².